The van der Waals surface area contributed by atoms with E-state index in [9.17, 15) is 9.59 Å². The summed E-state index contributed by atoms with van der Waals surface area (Å²) in [5.74, 6) is 1.23. The van der Waals surface area contributed by atoms with Crippen LogP contribution in [0.2, 0.25) is 0 Å². The van der Waals surface area contributed by atoms with Gasteiger partial charge in [0.15, 0.2) is 0 Å². The third-order valence-corrected chi connectivity index (χ3v) is 4.13. The highest BCUT2D eigenvalue weighted by atomic mass is 16.5. The van der Waals surface area contributed by atoms with Crippen molar-refractivity contribution in [3.05, 3.63) is 54.1 Å². The quantitative estimate of drug-likeness (QED) is 0.568. The van der Waals surface area contributed by atoms with E-state index in [2.05, 4.69) is 10.6 Å². The van der Waals surface area contributed by atoms with Gasteiger partial charge in [-0.2, -0.15) is 0 Å². The molecular formula is C22H29N3O4. The maximum Gasteiger partial charge on any atom is 0.251 e. The van der Waals surface area contributed by atoms with Crippen LogP contribution in [0, 0.1) is 0 Å². The molecule has 0 bridgehead atoms. The fourth-order valence-electron chi connectivity index (χ4n) is 2.55. The Labute approximate surface area is 172 Å². The van der Waals surface area contributed by atoms with Crippen molar-refractivity contribution >= 4 is 17.5 Å². The van der Waals surface area contributed by atoms with E-state index in [4.69, 9.17) is 9.47 Å². The highest BCUT2D eigenvalue weighted by molar-refractivity contribution is 5.97. The van der Waals surface area contributed by atoms with Crippen molar-refractivity contribution in [2.45, 2.75) is 12.8 Å². The Kier molecular flexibility index (Phi) is 8.98. The van der Waals surface area contributed by atoms with Crippen molar-refractivity contribution < 1.29 is 19.1 Å². The zero-order chi connectivity index (χ0) is 21.1. The summed E-state index contributed by atoms with van der Waals surface area (Å²) in [5, 5.41) is 5.68. The zero-order valence-corrected chi connectivity index (χ0v) is 17.2. The molecule has 2 aromatic carbocycles. The van der Waals surface area contributed by atoms with Gasteiger partial charge in [0.25, 0.3) is 5.91 Å². The van der Waals surface area contributed by atoms with E-state index in [0.29, 0.717) is 37.2 Å². The zero-order valence-electron chi connectivity index (χ0n) is 17.2. The molecule has 0 heterocycles. The van der Waals surface area contributed by atoms with Crippen LogP contribution in [-0.2, 0) is 4.79 Å². The van der Waals surface area contributed by atoms with Crippen molar-refractivity contribution in [2.75, 3.05) is 46.2 Å². The molecular weight excluding hydrogens is 370 g/mol. The number of benzene rings is 2. The lowest BCUT2D eigenvalue weighted by Gasteiger charge is -2.11. The predicted molar refractivity (Wildman–Crippen MR) is 114 cm³/mol. The van der Waals surface area contributed by atoms with Crippen LogP contribution in [0.5, 0.6) is 11.5 Å². The fourth-order valence-corrected chi connectivity index (χ4v) is 2.55. The van der Waals surface area contributed by atoms with E-state index in [-0.39, 0.29) is 11.8 Å². The lowest BCUT2D eigenvalue weighted by Crippen LogP contribution is -2.31. The average molecular weight is 399 g/mol. The molecule has 0 radical (unpaired) electrons. The molecule has 7 heteroatoms. The van der Waals surface area contributed by atoms with Gasteiger partial charge in [-0.1, -0.05) is 6.07 Å². The second-order valence-electron chi connectivity index (χ2n) is 6.82. The van der Waals surface area contributed by atoms with Gasteiger partial charge in [-0.05, 0) is 63.0 Å². The molecule has 0 spiro atoms. The summed E-state index contributed by atoms with van der Waals surface area (Å²) in [6.45, 7) is 1.77. The molecule has 0 saturated heterocycles. The number of ether oxygens (including phenoxy) is 2. The molecule has 0 fully saturated rings. The van der Waals surface area contributed by atoms with Crippen molar-refractivity contribution in [3.63, 3.8) is 0 Å². The van der Waals surface area contributed by atoms with E-state index < -0.39 is 0 Å². The highest BCUT2D eigenvalue weighted by Crippen LogP contribution is 2.17. The van der Waals surface area contributed by atoms with Gasteiger partial charge >= 0.3 is 0 Å². The number of amides is 2. The molecule has 156 valence electrons. The second kappa shape index (κ2) is 11.7. The normalized spacial score (nSPS) is 10.5. The highest BCUT2D eigenvalue weighted by Gasteiger charge is 2.08. The maximum absolute atomic E-state index is 12.2. The number of carbonyl (C=O) groups excluding carboxylic acids is 2. The van der Waals surface area contributed by atoms with Crippen molar-refractivity contribution in [3.8, 4) is 11.5 Å². The lowest BCUT2D eigenvalue weighted by molar-refractivity contribution is -0.116. The Morgan fingerprint density at radius 3 is 2.45 bits per heavy atom. The molecule has 0 aliphatic heterocycles. The molecule has 0 atom stereocenters. The summed E-state index contributed by atoms with van der Waals surface area (Å²) in [6, 6.07) is 14.2. The monoisotopic (exact) mass is 399 g/mol. The van der Waals surface area contributed by atoms with Gasteiger partial charge in [0, 0.05) is 30.8 Å². The molecule has 0 aromatic heterocycles. The number of carbonyl (C=O) groups is 2. The van der Waals surface area contributed by atoms with Gasteiger partial charge in [-0.15, -0.1) is 0 Å². The van der Waals surface area contributed by atoms with Crippen LogP contribution >= 0.6 is 0 Å². The number of nitrogens with zero attached hydrogens (tertiary/aromatic N) is 1. The van der Waals surface area contributed by atoms with Crippen LogP contribution in [0.3, 0.4) is 0 Å². The smallest absolute Gasteiger partial charge is 0.251 e. The minimum atomic E-state index is -0.157. The maximum atomic E-state index is 12.2. The summed E-state index contributed by atoms with van der Waals surface area (Å²) >= 11 is 0. The van der Waals surface area contributed by atoms with Gasteiger partial charge in [0.1, 0.15) is 11.5 Å². The van der Waals surface area contributed by atoms with Crippen LogP contribution in [0.15, 0.2) is 48.5 Å². The van der Waals surface area contributed by atoms with Crippen LogP contribution in [0.25, 0.3) is 0 Å². The molecule has 0 saturated carbocycles. The molecule has 2 rings (SSSR count). The summed E-state index contributed by atoms with van der Waals surface area (Å²) in [5.41, 5.74) is 1.12. The second-order valence-corrected chi connectivity index (χ2v) is 6.82. The van der Waals surface area contributed by atoms with Gasteiger partial charge in [0.2, 0.25) is 5.91 Å². The van der Waals surface area contributed by atoms with Crippen molar-refractivity contribution in [2.24, 2.45) is 0 Å². The summed E-state index contributed by atoms with van der Waals surface area (Å²) in [4.78, 5) is 26.3. The topological polar surface area (TPSA) is 79.9 Å². The lowest BCUT2D eigenvalue weighted by atomic mass is 10.2. The first-order valence-electron chi connectivity index (χ1n) is 9.57. The van der Waals surface area contributed by atoms with Gasteiger partial charge in [-0.3, -0.25) is 9.59 Å². The molecule has 2 amide bonds. The standard InChI is InChI=1S/C22H29N3O4/c1-25(2)14-13-23-22(27)17-6-4-7-18(16-17)24-21(26)8-5-15-29-20-11-9-19(28-3)10-12-20/h4,6-7,9-12,16H,5,8,13-15H2,1-3H3,(H,23,27)(H,24,26). The van der Waals surface area contributed by atoms with Crippen LogP contribution < -0.4 is 20.1 Å². The summed E-state index contributed by atoms with van der Waals surface area (Å²) in [7, 11) is 5.51. The largest absolute Gasteiger partial charge is 0.497 e. The van der Waals surface area contributed by atoms with E-state index in [1.165, 1.54) is 0 Å². The molecule has 29 heavy (non-hydrogen) atoms. The number of rotatable bonds is 11. The number of nitrogens with one attached hydrogen (secondary N) is 2. The van der Waals surface area contributed by atoms with Crippen molar-refractivity contribution in [1.82, 2.24) is 10.2 Å². The van der Waals surface area contributed by atoms with E-state index >= 15 is 0 Å². The van der Waals surface area contributed by atoms with Crippen LogP contribution in [-0.4, -0.2) is 57.6 Å². The Balaban J connectivity index is 1.73. The number of anilines is 1. The molecule has 0 aliphatic rings. The number of hydrogen-bond acceptors (Lipinski definition) is 5. The van der Waals surface area contributed by atoms with Gasteiger partial charge in [-0.25, -0.2) is 0 Å². The van der Waals surface area contributed by atoms with E-state index in [1.54, 1.807) is 31.4 Å². The predicted octanol–water partition coefficient (Wildman–Crippen LogP) is 2.78. The number of hydrogen-bond donors (Lipinski definition) is 2. The molecule has 2 aromatic rings. The summed E-state index contributed by atoms with van der Waals surface area (Å²) in [6.07, 6.45) is 0.915. The Morgan fingerprint density at radius 2 is 1.76 bits per heavy atom. The van der Waals surface area contributed by atoms with Crippen molar-refractivity contribution in [1.29, 1.82) is 0 Å². The average Bonchev–Trinajstić information content (AvgIpc) is 2.71. The first-order valence-corrected chi connectivity index (χ1v) is 9.57. The number of methoxy groups -OCH3 is 1. The van der Waals surface area contributed by atoms with Crippen LogP contribution in [0.1, 0.15) is 23.2 Å². The molecule has 7 nitrogen and oxygen atoms in total. The summed E-state index contributed by atoms with van der Waals surface area (Å²) < 4.78 is 10.7. The van der Waals surface area contributed by atoms with E-state index in [1.807, 2.05) is 43.3 Å². The first-order chi connectivity index (χ1) is 14.0. The SMILES string of the molecule is COc1ccc(OCCCC(=O)Nc2cccc(C(=O)NCCN(C)C)c2)cc1. The minimum Gasteiger partial charge on any atom is -0.497 e. The Morgan fingerprint density at radius 1 is 1.03 bits per heavy atom. The fraction of sp³-hybridized carbons (Fsp3) is 0.364. The van der Waals surface area contributed by atoms with Crippen LogP contribution in [0.4, 0.5) is 5.69 Å². The molecule has 0 unspecified atom stereocenters. The third-order valence-electron chi connectivity index (χ3n) is 4.13. The molecule has 2 N–H and O–H groups in total. The molecule has 0 aliphatic carbocycles. The Hall–Kier alpha value is -3.06. The van der Waals surface area contributed by atoms with E-state index in [0.717, 1.165) is 18.0 Å². The Bertz CT molecular complexity index is 791. The third kappa shape index (κ3) is 8.23. The number of likely N-dealkylation sites (N-methyl/N-ethyl adjacent to an activating group) is 1. The first kappa shape index (κ1) is 22.2. The van der Waals surface area contributed by atoms with Gasteiger partial charge in [0.05, 0.1) is 13.7 Å². The van der Waals surface area contributed by atoms with Gasteiger partial charge < -0.3 is 25.0 Å². The minimum absolute atomic E-state index is 0.117.